The molecule has 72 valence electrons. The van der Waals surface area contributed by atoms with Crippen molar-refractivity contribution in [2.45, 2.75) is 12.8 Å². The fraction of sp³-hybridized carbons (Fsp3) is 0.333. The molecule has 1 aromatic carbocycles. The maximum Gasteiger partial charge on any atom is 0.122 e. The number of aliphatic hydroxyl groups excluding tert-OH is 1. The molecule has 0 fully saturated rings. The summed E-state index contributed by atoms with van der Waals surface area (Å²) >= 11 is 0. The van der Waals surface area contributed by atoms with E-state index in [1.807, 2.05) is 18.2 Å². The molecule has 1 aliphatic heterocycles. The van der Waals surface area contributed by atoms with Gasteiger partial charge in [0.05, 0.1) is 6.61 Å². The number of hydrogen-bond acceptors (Lipinski definition) is 2. The zero-order valence-electron chi connectivity index (χ0n) is 7.92. The van der Waals surface area contributed by atoms with E-state index in [1.54, 1.807) is 0 Å². The second-order valence-corrected chi connectivity index (χ2v) is 3.23. The molecule has 0 saturated carbocycles. The van der Waals surface area contributed by atoms with Crippen LogP contribution in [0.5, 0.6) is 5.75 Å². The molecule has 0 unspecified atom stereocenters. The average Bonchev–Trinajstić information content (AvgIpc) is 2.26. The van der Waals surface area contributed by atoms with E-state index in [4.69, 9.17) is 9.84 Å². The quantitative estimate of drug-likeness (QED) is 0.623. The molecule has 1 heterocycles. The largest absolute Gasteiger partial charge is 0.493 e. The van der Waals surface area contributed by atoms with Crippen LogP contribution in [-0.2, 0) is 6.42 Å². The Bertz CT molecular complexity index is 385. The van der Waals surface area contributed by atoms with Gasteiger partial charge < -0.3 is 9.84 Å². The molecule has 0 radical (unpaired) electrons. The molecule has 1 N–H and O–H groups in total. The molecular formula is C12H12O2. The first-order chi connectivity index (χ1) is 6.90. The van der Waals surface area contributed by atoms with E-state index in [0.717, 1.165) is 30.8 Å². The third-order valence-electron chi connectivity index (χ3n) is 2.22. The van der Waals surface area contributed by atoms with Crippen LogP contribution >= 0.6 is 0 Å². The van der Waals surface area contributed by atoms with Gasteiger partial charge in [0.2, 0.25) is 0 Å². The van der Waals surface area contributed by atoms with E-state index in [1.165, 1.54) is 5.56 Å². The van der Waals surface area contributed by atoms with Gasteiger partial charge in [-0.15, -0.1) is 0 Å². The van der Waals surface area contributed by atoms with Crippen LogP contribution in [-0.4, -0.2) is 18.3 Å². The highest BCUT2D eigenvalue weighted by molar-refractivity contribution is 5.44. The molecule has 2 nitrogen and oxygen atoms in total. The summed E-state index contributed by atoms with van der Waals surface area (Å²) in [5.41, 5.74) is 2.17. The summed E-state index contributed by atoms with van der Waals surface area (Å²) in [6.07, 6.45) is 2.13. The lowest BCUT2D eigenvalue weighted by Gasteiger charge is -2.16. The minimum Gasteiger partial charge on any atom is -0.493 e. The van der Waals surface area contributed by atoms with Gasteiger partial charge in [-0.2, -0.15) is 0 Å². The van der Waals surface area contributed by atoms with Crippen molar-refractivity contribution in [2.24, 2.45) is 0 Å². The van der Waals surface area contributed by atoms with Crippen LogP contribution in [0.1, 0.15) is 17.5 Å². The Morgan fingerprint density at radius 1 is 1.43 bits per heavy atom. The molecule has 0 saturated heterocycles. The number of fused-ring (bicyclic) bond motifs is 1. The molecule has 1 aliphatic rings. The average molecular weight is 188 g/mol. The summed E-state index contributed by atoms with van der Waals surface area (Å²) in [6, 6.07) is 5.92. The van der Waals surface area contributed by atoms with Crippen LogP contribution in [0, 0.1) is 11.8 Å². The molecule has 1 aromatic rings. The summed E-state index contributed by atoms with van der Waals surface area (Å²) in [6.45, 7) is 0.724. The molecule has 0 aliphatic carbocycles. The topological polar surface area (TPSA) is 29.5 Å². The molecule has 14 heavy (non-hydrogen) atoms. The minimum absolute atomic E-state index is 0.0897. The predicted molar refractivity (Wildman–Crippen MR) is 54.2 cm³/mol. The van der Waals surface area contributed by atoms with E-state index in [0.29, 0.717) is 0 Å². The number of rotatable bonds is 0. The number of ether oxygens (including phenoxy) is 1. The van der Waals surface area contributed by atoms with Crippen molar-refractivity contribution >= 4 is 0 Å². The SMILES string of the molecule is OCC#Cc1ccc2c(c1)CCCO2. The van der Waals surface area contributed by atoms with Crippen molar-refractivity contribution in [1.82, 2.24) is 0 Å². The first kappa shape index (κ1) is 9.11. The van der Waals surface area contributed by atoms with Gasteiger partial charge in [0.15, 0.2) is 0 Å². The standard InChI is InChI=1S/C12H12O2/c13-7-1-3-10-5-6-12-11(9-10)4-2-8-14-12/h5-6,9,13H,2,4,7-8H2. The van der Waals surface area contributed by atoms with Crippen LogP contribution in [0.4, 0.5) is 0 Å². The Balaban J connectivity index is 2.29. The van der Waals surface area contributed by atoms with E-state index in [-0.39, 0.29) is 6.61 Å². The zero-order chi connectivity index (χ0) is 9.80. The van der Waals surface area contributed by atoms with Gasteiger partial charge in [-0.1, -0.05) is 11.8 Å². The number of hydrogen-bond donors (Lipinski definition) is 1. The summed E-state index contributed by atoms with van der Waals surface area (Å²) in [4.78, 5) is 0. The number of aliphatic hydroxyl groups is 1. The monoisotopic (exact) mass is 188 g/mol. The molecule has 0 spiro atoms. The Morgan fingerprint density at radius 3 is 3.21 bits per heavy atom. The molecule has 0 amide bonds. The Labute approximate surface area is 83.5 Å². The molecule has 0 atom stereocenters. The summed E-state index contributed by atoms with van der Waals surface area (Å²) in [7, 11) is 0. The lowest BCUT2D eigenvalue weighted by molar-refractivity contribution is 0.288. The third-order valence-corrected chi connectivity index (χ3v) is 2.22. The van der Waals surface area contributed by atoms with Crippen LogP contribution in [0.3, 0.4) is 0 Å². The fourth-order valence-electron chi connectivity index (χ4n) is 1.58. The lowest BCUT2D eigenvalue weighted by Crippen LogP contribution is -2.08. The van der Waals surface area contributed by atoms with Gasteiger partial charge in [-0.3, -0.25) is 0 Å². The zero-order valence-corrected chi connectivity index (χ0v) is 7.92. The summed E-state index contributed by atoms with van der Waals surface area (Å²) < 4.78 is 5.49. The molecule has 0 bridgehead atoms. The maximum absolute atomic E-state index is 8.57. The first-order valence-electron chi connectivity index (χ1n) is 4.75. The lowest BCUT2D eigenvalue weighted by atomic mass is 10.0. The molecular weight excluding hydrogens is 176 g/mol. The highest BCUT2D eigenvalue weighted by Gasteiger charge is 2.09. The van der Waals surface area contributed by atoms with Crippen molar-refractivity contribution in [3.05, 3.63) is 29.3 Å². The predicted octanol–water partition coefficient (Wildman–Crippen LogP) is 1.36. The molecule has 0 aromatic heterocycles. The van der Waals surface area contributed by atoms with E-state index < -0.39 is 0 Å². The highest BCUT2D eigenvalue weighted by Crippen LogP contribution is 2.25. The smallest absolute Gasteiger partial charge is 0.122 e. The van der Waals surface area contributed by atoms with Crippen molar-refractivity contribution in [2.75, 3.05) is 13.2 Å². The van der Waals surface area contributed by atoms with Crippen molar-refractivity contribution in [3.8, 4) is 17.6 Å². The van der Waals surface area contributed by atoms with Gasteiger partial charge in [0.1, 0.15) is 12.4 Å². The van der Waals surface area contributed by atoms with Gasteiger partial charge in [0.25, 0.3) is 0 Å². The molecule has 2 rings (SSSR count). The van der Waals surface area contributed by atoms with Gasteiger partial charge in [-0.25, -0.2) is 0 Å². The second-order valence-electron chi connectivity index (χ2n) is 3.23. The van der Waals surface area contributed by atoms with Crippen molar-refractivity contribution in [1.29, 1.82) is 0 Å². The highest BCUT2D eigenvalue weighted by atomic mass is 16.5. The second kappa shape index (κ2) is 4.17. The molecule has 2 heteroatoms. The first-order valence-corrected chi connectivity index (χ1v) is 4.75. The van der Waals surface area contributed by atoms with Gasteiger partial charge >= 0.3 is 0 Å². The third kappa shape index (κ3) is 1.89. The van der Waals surface area contributed by atoms with Crippen LogP contribution in [0.25, 0.3) is 0 Å². The van der Waals surface area contributed by atoms with E-state index in [9.17, 15) is 0 Å². The Morgan fingerprint density at radius 2 is 2.36 bits per heavy atom. The fourth-order valence-corrected chi connectivity index (χ4v) is 1.58. The maximum atomic E-state index is 8.57. The van der Waals surface area contributed by atoms with Crippen LogP contribution in [0.15, 0.2) is 18.2 Å². The van der Waals surface area contributed by atoms with Gasteiger partial charge in [-0.05, 0) is 36.6 Å². The Kier molecular flexibility index (Phi) is 2.71. The normalized spacial score (nSPS) is 13.5. The van der Waals surface area contributed by atoms with Crippen LogP contribution in [0.2, 0.25) is 0 Å². The summed E-state index contributed by atoms with van der Waals surface area (Å²) in [5.74, 6) is 6.50. The van der Waals surface area contributed by atoms with Crippen molar-refractivity contribution < 1.29 is 9.84 Å². The minimum atomic E-state index is -0.0897. The Hall–Kier alpha value is -1.46. The number of aryl methyl sites for hydroxylation is 1. The van der Waals surface area contributed by atoms with Crippen LogP contribution < -0.4 is 4.74 Å². The van der Waals surface area contributed by atoms with Crippen molar-refractivity contribution in [3.63, 3.8) is 0 Å². The van der Waals surface area contributed by atoms with E-state index in [2.05, 4.69) is 11.8 Å². The number of benzene rings is 1. The van der Waals surface area contributed by atoms with E-state index >= 15 is 0 Å². The summed E-state index contributed by atoms with van der Waals surface area (Å²) in [5, 5.41) is 8.57. The van der Waals surface area contributed by atoms with Gasteiger partial charge in [0, 0.05) is 5.56 Å².